The van der Waals surface area contributed by atoms with Gasteiger partial charge in [0.05, 0.1) is 10.7 Å². The SMILES string of the molecule is O=C(COc1ccccc1Cl)N1CCN(CCNc2cc(=O)oc3ccccc23)CC1. The number of carbonyl (C=O) groups excluding carboxylic acids is 1. The first-order valence-corrected chi connectivity index (χ1v) is 10.6. The number of anilines is 1. The summed E-state index contributed by atoms with van der Waals surface area (Å²) in [5.74, 6) is 0.477. The van der Waals surface area contributed by atoms with Gasteiger partial charge < -0.3 is 19.4 Å². The fraction of sp³-hybridized carbons (Fsp3) is 0.304. The van der Waals surface area contributed by atoms with Gasteiger partial charge in [-0.1, -0.05) is 35.9 Å². The lowest BCUT2D eigenvalue weighted by Crippen LogP contribution is -2.50. The van der Waals surface area contributed by atoms with Crippen LogP contribution in [0.5, 0.6) is 5.75 Å². The second-order valence-corrected chi connectivity index (χ2v) is 7.75. The van der Waals surface area contributed by atoms with Gasteiger partial charge in [0.15, 0.2) is 6.61 Å². The highest BCUT2D eigenvalue weighted by Crippen LogP contribution is 2.23. The molecule has 162 valence electrons. The zero-order valence-electron chi connectivity index (χ0n) is 17.1. The molecule has 3 aromatic rings. The average Bonchev–Trinajstić information content (AvgIpc) is 2.78. The fourth-order valence-corrected chi connectivity index (χ4v) is 3.81. The molecule has 1 aliphatic heterocycles. The van der Waals surface area contributed by atoms with E-state index in [1.54, 1.807) is 18.2 Å². The molecule has 1 aliphatic rings. The highest BCUT2D eigenvalue weighted by atomic mass is 35.5. The molecule has 0 bridgehead atoms. The highest BCUT2D eigenvalue weighted by molar-refractivity contribution is 6.32. The normalized spacial score (nSPS) is 14.5. The number of ether oxygens (including phenoxy) is 1. The molecule has 1 N–H and O–H groups in total. The maximum absolute atomic E-state index is 12.4. The van der Waals surface area contributed by atoms with Crippen LogP contribution in [0, 0.1) is 0 Å². The lowest BCUT2D eigenvalue weighted by molar-refractivity contribution is -0.135. The van der Waals surface area contributed by atoms with Crippen LogP contribution in [0.4, 0.5) is 5.69 Å². The van der Waals surface area contributed by atoms with Crippen molar-refractivity contribution in [3.05, 3.63) is 70.0 Å². The molecule has 1 saturated heterocycles. The highest BCUT2D eigenvalue weighted by Gasteiger charge is 2.21. The third-order valence-electron chi connectivity index (χ3n) is 5.31. The number of amides is 1. The molecule has 0 spiro atoms. The lowest BCUT2D eigenvalue weighted by Gasteiger charge is -2.34. The summed E-state index contributed by atoms with van der Waals surface area (Å²) < 4.78 is 10.8. The van der Waals surface area contributed by atoms with Crippen LogP contribution in [-0.4, -0.2) is 61.6 Å². The zero-order valence-corrected chi connectivity index (χ0v) is 17.8. The molecule has 31 heavy (non-hydrogen) atoms. The van der Waals surface area contributed by atoms with E-state index in [1.807, 2.05) is 35.2 Å². The molecule has 0 atom stereocenters. The summed E-state index contributed by atoms with van der Waals surface area (Å²) >= 11 is 6.06. The van der Waals surface area contributed by atoms with Crippen LogP contribution in [-0.2, 0) is 4.79 Å². The number of hydrogen-bond donors (Lipinski definition) is 1. The van der Waals surface area contributed by atoms with Crippen LogP contribution < -0.4 is 15.7 Å². The van der Waals surface area contributed by atoms with Crippen LogP contribution in [0.15, 0.2) is 63.8 Å². The molecule has 7 nitrogen and oxygen atoms in total. The minimum absolute atomic E-state index is 0.0189. The number of piperazine rings is 1. The average molecular weight is 442 g/mol. The summed E-state index contributed by atoms with van der Waals surface area (Å²) in [5.41, 5.74) is 0.980. The molecule has 0 radical (unpaired) electrons. The summed E-state index contributed by atoms with van der Waals surface area (Å²) in [4.78, 5) is 28.3. The number of halogens is 1. The second-order valence-electron chi connectivity index (χ2n) is 7.34. The summed E-state index contributed by atoms with van der Waals surface area (Å²) in [6.07, 6.45) is 0. The van der Waals surface area contributed by atoms with E-state index < -0.39 is 0 Å². The fourth-order valence-electron chi connectivity index (χ4n) is 3.62. The number of hydrogen-bond acceptors (Lipinski definition) is 6. The summed E-state index contributed by atoms with van der Waals surface area (Å²) in [6.45, 7) is 4.37. The lowest BCUT2D eigenvalue weighted by atomic mass is 10.2. The first-order chi connectivity index (χ1) is 15.1. The van der Waals surface area contributed by atoms with Gasteiger partial charge in [-0.05, 0) is 24.3 Å². The molecule has 0 aliphatic carbocycles. The Balaban J connectivity index is 1.22. The van der Waals surface area contributed by atoms with E-state index in [2.05, 4.69) is 10.2 Å². The Bertz CT molecular complexity index is 1110. The van der Waals surface area contributed by atoms with Gasteiger partial charge in [-0.15, -0.1) is 0 Å². The third-order valence-corrected chi connectivity index (χ3v) is 5.62. The van der Waals surface area contributed by atoms with Gasteiger partial charge in [0, 0.05) is 50.7 Å². The Labute approximate surface area is 185 Å². The number of para-hydroxylation sites is 2. The van der Waals surface area contributed by atoms with Gasteiger partial charge in [0.2, 0.25) is 0 Å². The first kappa shape index (κ1) is 21.2. The van der Waals surface area contributed by atoms with Crippen LogP contribution in [0.2, 0.25) is 5.02 Å². The predicted molar refractivity (Wildman–Crippen MR) is 121 cm³/mol. The van der Waals surface area contributed by atoms with Crippen molar-refractivity contribution in [2.45, 2.75) is 0 Å². The Kier molecular flexibility index (Phi) is 6.74. The summed E-state index contributed by atoms with van der Waals surface area (Å²) in [7, 11) is 0. The van der Waals surface area contributed by atoms with E-state index in [1.165, 1.54) is 6.07 Å². The van der Waals surface area contributed by atoms with Crippen molar-refractivity contribution in [1.29, 1.82) is 0 Å². The van der Waals surface area contributed by atoms with Gasteiger partial charge in [0.25, 0.3) is 5.91 Å². The molecule has 4 rings (SSSR count). The van der Waals surface area contributed by atoms with Crippen molar-refractivity contribution in [2.75, 3.05) is 51.2 Å². The van der Waals surface area contributed by atoms with Gasteiger partial charge in [-0.2, -0.15) is 0 Å². The molecule has 8 heteroatoms. The van der Waals surface area contributed by atoms with Gasteiger partial charge >= 0.3 is 5.63 Å². The zero-order chi connectivity index (χ0) is 21.6. The van der Waals surface area contributed by atoms with Crippen molar-refractivity contribution in [2.24, 2.45) is 0 Å². The maximum Gasteiger partial charge on any atom is 0.338 e. The van der Waals surface area contributed by atoms with Gasteiger partial charge in [-0.25, -0.2) is 4.79 Å². The molecule has 2 heterocycles. The number of rotatable bonds is 7. The van der Waals surface area contributed by atoms with Crippen molar-refractivity contribution in [3.63, 3.8) is 0 Å². The van der Waals surface area contributed by atoms with Crippen LogP contribution in [0.25, 0.3) is 11.0 Å². The van der Waals surface area contributed by atoms with E-state index in [4.69, 9.17) is 20.8 Å². The molecule has 0 unspecified atom stereocenters. The maximum atomic E-state index is 12.4. The molecular formula is C23H24ClN3O4. The number of carbonyl (C=O) groups is 1. The number of nitrogens with zero attached hydrogens (tertiary/aromatic N) is 2. The molecule has 1 amide bonds. The van der Waals surface area contributed by atoms with E-state index in [-0.39, 0.29) is 18.1 Å². The summed E-state index contributed by atoms with van der Waals surface area (Å²) in [6, 6.07) is 16.1. The van der Waals surface area contributed by atoms with Crippen molar-refractivity contribution in [1.82, 2.24) is 9.80 Å². The number of nitrogens with one attached hydrogen (secondary N) is 1. The Morgan fingerprint density at radius 2 is 1.81 bits per heavy atom. The van der Waals surface area contributed by atoms with E-state index in [0.29, 0.717) is 36.0 Å². The van der Waals surface area contributed by atoms with E-state index in [0.717, 1.165) is 30.7 Å². The van der Waals surface area contributed by atoms with Crippen molar-refractivity contribution < 1.29 is 13.9 Å². The molecule has 2 aromatic carbocycles. The molecular weight excluding hydrogens is 418 g/mol. The number of fused-ring (bicyclic) bond motifs is 1. The molecule has 1 aromatic heterocycles. The third kappa shape index (κ3) is 5.37. The minimum Gasteiger partial charge on any atom is -0.482 e. The van der Waals surface area contributed by atoms with Gasteiger partial charge in [0.1, 0.15) is 11.3 Å². The summed E-state index contributed by atoms with van der Waals surface area (Å²) in [5, 5.41) is 4.72. The number of benzene rings is 2. The molecule has 1 fully saturated rings. The monoisotopic (exact) mass is 441 g/mol. The topological polar surface area (TPSA) is 75.0 Å². The van der Waals surface area contributed by atoms with Crippen LogP contribution in [0.1, 0.15) is 0 Å². The largest absolute Gasteiger partial charge is 0.482 e. The quantitative estimate of drug-likeness (QED) is 0.568. The second kappa shape index (κ2) is 9.85. The van der Waals surface area contributed by atoms with Crippen molar-refractivity contribution in [3.8, 4) is 5.75 Å². The smallest absolute Gasteiger partial charge is 0.338 e. The predicted octanol–water partition coefficient (Wildman–Crippen LogP) is 3.08. The van der Waals surface area contributed by atoms with E-state index >= 15 is 0 Å². The van der Waals surface area contributed by atoms with E-state index in [9.17, 15) is 9.59 Å². The van der Waals surface area contributed by atoms with Crippen molar-refractivity contribution >= 4 is 34.2 Å². The first-order valence-electron chi connectivity index (χ1n) is 10.2. The van der Waals surface area contributed by atoms with Crippen LogP contribution >= 0.6 is 11.6 Å². The minimum atomic E-state index is -0.368. The standard InChI is InChI=1S/C23H24ClN3O4/c24-18-6-2-4-8-21(18)30-16-22(28)27-13-11-26(12-14-27)10-9-25-19-15-23(29)31-20-7-3-1-5-17(19)20/h1-8,15,25H,9-14,16H2. The van der Waals surface area contributed by atoms with Gasteiger partial charge in [-0.3, -0.25) is 9.69 Å². The Hall–Kier alpha value is -3.03. The Morgan fingerprint density at radius 1 is 1.06 bits per heavy atom. The Morgan fingerprint density at radius 3 is 2.61 bits per heavy atom. The van der Waals surface area contributed by atoms with Crippen LogP contribution in [0.3, 0.4) is 0 Å². The molecule has 0 saturated carbocycles.